The number of thioether (sulfide) groups is 1. The summed E-state index contributed by atoms with van der Waals surface area (Å²) in [5.41, 5.74) is 2.90. The van der Waals surface area contributed by atoms with Crippen LogP contribution in [0.3, 0.4) is 0 Å². The number of rotatable bonds is 1. The minimum Gasteiger partial charge on any atom is -0.476 e. The van der Waals surface area contributed by atoms with E-state index < -0.39 is 10.8 Å². The standard InChI is InChI=1S/C18H16N2O3S/c1-22-16(21)15-18(20-17(23-2)24-15)11-7-3-5-9-13(11)19-14-10-6-4-8-12(14)18/h3-10,15,19H,1-2H3. The van der Waals surface area contributed by atoms with E-state index in [4.69, 9.17) is 14.5 Å². The summed E-state index contributed by atoms with van der Waals surface area (Å²) in [6, 6.07) is 15.8. The second kappa shape index (κ2) is 5.56. The second-order valence-corrected chi connectivity index (χ2v) is 6.64. The van der Waals surface area contributed by atoms with E-state index in [-0.39, 0.29) is 5.97 Å². The van der Waals surface area contributed by atoms with E-state index in [9.17, 15) is 4.79 Å². The zero-order valence-electron chi connectivity index (χ0n) is 13.3. The summed E-state index contributed by atoms with van der Waals surface area (Å²) in [5, 5.41) is 3.37. The Hall–Kier alpha value is -2.47. The van der Waals surface area contributed by atoms with Gasteiger partial charge in [-0.15, -0.1) is 0 Å². The molecule has 5 nitrogen and oxygen atoms in total. The molecule has 2 aliphatic heterocycles. The number of anilines is 2. The Balaban J connectivity index is 2.04. The van der Waals surface area contributed by atoms with E-state index in [2.05, 4.69) is 5.32 Å². The van der Waals surface area contributed by atoms with Gasteiger partial charge in [0.15, 0.2) is 0 Å². The number of hydrogen-bond donors (Lipinski definition) is 1. The van der Waals surface area contributed by atoms with Gasteiger partial charge in [0.25, 0.3) is 0 Å². The molecule has 0 aromatic heterocycles. The van der Waals surface area contributed by atoms with Gasteiger partial charge in [-0.3, -0.25) is 4.79 Å². The predicted octanol–water partition coefficient (Wildman–Crippen LogP) is 3.28. The number of methoxy groups -OCH3 is 2. The van der Waals surface area contributed by atoms with Crippen molar-refractivity contribution in [2.24, 2.45) is 4.99 Å². The van der Waals surface area contributed by atoms with Crippen LogP contribution >= 0.6 is 11.8 Å². The normalized spacial score (nSPS) is 19.8. The number of nitrogens with zero attached hydrogens (tertiary/aromatic N) is 1. The zero-order chi connectivity index (χ0) is 16.7. The van der Waals surface area contributed by atoms with E-state index in [1.54, 1.807) is 7.11 Å². The van der Waals surface area contributed by atoms with E-state index in [0.717, 1.165) is 22.5 Å². The topological polar surface area (TPSA) is 59.9 Å². The highest BCUT2D eigenvalue weighted by atomic mass is 32.2. The fourth-order valence-corrected chi connectivity index (χ4v) is 4.54. The largest absolute Gasteiger partial charge is 0.476 e. The van der Waals surface area contributed by atoms with Gasteiger partial charge in [-0.1, -0.05) is 36.4 Å². The molecule has 6 heteroatoms. The minimum absolute atomic E-state index is 0.317. The van der Waals surface area contributed by atoms with Gasteiger partial charge >= 0.3 is 5.97 Å². The van der Waals surface area contributed by atoms with Crippen LogP contribution in [0.2, 0.25) is 0 Å². The van der Waals surface area contributed by atoms with Gasteiger partial charge < -0.3 is 14.8 Å². The maximum Gasteiger partial charge on any atom is 0.322 e. The van der Waals surface area contributed by atoms with Crippen molar-refractivity contribution < 1.29 is 14.3 Å². The number of carbonyl (C=O) groups is 1. The fraction of sp³-hybridized carbons (Fsp3) is 0.222. The second-order valence-electron chi connectivity index (χ2n) is 5.59. The van der Waals surface area contributed by atoms with Crippen molar-refractivity contribution in [3.63, 3.8) is 0 Å². The number of para-hydroxylation sites is 2. The third kappa shape index (κ3) is 1.96. The van der Waals surface area contributed by atoms with Crippen molar-refractivity contribution in [1.29, 1.82) is 0 Å². The number of aliphatic imine (C=N–C) groups is 1. The van der Waals surface area contributed by atoms with Crippen LogP contribution in [0.25, 0.3) is 0 Å². The maximum atomic E-state index is 12.6. The molecule has 0 amide bonds. The van der Waals surface area contributed by atoms with Crippen LogP contribution in [0.1, 0.15) is 11.1 Å². The van der Waals surface area contributed by atoms with Gasteiger partial charge in [-0.2, -0.15) is 0 Å². The Morgan fingerprint density at radius 3 is 2.21 bits per heavy atom. The molecule has 2 aromatic rings. The lowest BCUT2D eigenvalue weighted by atomic mass is 9.76. The summed E-state index contributed by atoms with van der Waals surface area (Å²) >= 11 is 1.30. The van der Waals surface area contributed by atoms with Crippen LogP contribution in [0.4, 0.5) is 11.4 Å². The molecular formula is C18H16N2O3S. The molecule has 24 heavy (non-hydrogen) atoms. The predicted molar refractivity (Wildman–Crippen MR) is 94.8 cm³/mol. The molecule has 2 aromatic carbocycles. The van der Waals surface area contributed by atoms with Crippen LogP contribution in [0.5, 0.6) is 0 Å². The van der Waals surface area contributed by atoms with Crippen LogP contribution in [0, 0.1) is 0 Å². The zero-order valence-corrected chi connectivity index (χ0v) is 14.1. The Morgan fingerprint density at radius 1 is 1.08 bits per heavy atom. The third-order valence-electron chi connectivity index (χ3n) is 4.40. The van der Waals surface area contributed by atoms with Crippen molar-refractivity contribution in [2.45, 2.75) is 10.8 Å². The summed E-state index contributed by atoms with van der Waals surface area (Å²) < 4.78 is 10.5. The van der Waals surface area contributed by atoms with Crippen molar-refractivity contribution in [1.82, 2.24) is 0 Å². The first-order chi connectivity index (χ1) is 11.7. The first kappa shape index (κ1) is 15.1. The van der Waals surface area contributed by atoms with Crippen LogP contribution in [-0.4, -0.2) is 30.7 Å². The molecule has 2 heterocycles. The molecule has 0 radical (unpaired) electrons. The number of nitrogens with one attached hydrogen (secondary N) is 1. The lowest BCUT2D eigenvalue weighted by Gasteiger charge is -2.38. The molecule has 1 spiro atoms. The van der Waals surface area contributed by atoms with E-state index >= 15 is 0 Å². The smallest absolute Gasteiger partial charge is 0.322 e. The number of fused-ring (bicyclic) bond motifs is 4. The summed E-state index contributed by atoms with van der Waals surface area (Å²) in [7, 11) is 2.97. The maximum absolute atomic E-state index is 12.6. The van der Waals surface area contributed by atoms with Crippen molar-refractivity contribution in [2.75, 3.05) is 19.5 Å². The molecule has 0 saturated carbocycles. The third-order valence-corrected chi connectivity index (χ3v) is 5.63. The Labute approximate surface area is 144 Å². The minimum atomic E-state index is -0.860. The van der Waals surface area contributed by atoms with Gasteiger partial charge in [0.05, 0.1) is 14.2 Å². The van der Waals surface area contributed by atoms with Gasteiger partial charge in [-0.05, 0) is 23.9 Å². The first-order valence-electron chi connectivity index (χ1n) is 7.55. The number of ether oxygens (including phenoxy) is 2. The Kier molecular flexibility index (Phi) is 3.49. The summed E-state index contributed by atoms with van der Waals surface area (Å²) in [6.45, 7) is 0. The Bertz CT molecular complexity index is 804. The highest BCUT2D eigenvalue weighted by molar-refractivity contribution is 8.15. The first-order valence-corrected chi connectivity index (χ1v) is 8.43. The molecular weight excluding hydrogens is 324 g/mol. The van der Waals surface area contributed by atoms with Gasteiger partial charge in [0.2, 0.25) is 5.23 Å². The van der Waals surface area contributed by atoms with Gasteiger partial charge in [0, 0.05) is 22.5 Å². The quantitative estimate of drug-likeness (QED) is 0.807. The number of esters is 1. The highest BCUT2D eigenvalue weighted by Gasteiger charge is 2.56. The molecule has 4 rings (SSSR count). The fourth-order valence-electron chi connectivity index (χ4n) is 3.38. The number of carbonyl (C=O) groups excluding carboxylic acids is 1. The molecule has 0 saturated heterocycles. The molecule has 0 bridgehead atoms. The highest BCUT2D eigenvalue weighted by Crippen LogP contribution is 2.55. The SMILES string of the molecule is COC(=O)C1SC(OC)=NC12c1ccccc1Nc1ccccc12. The van der Waals surface area contributed by atoms with Crippen LogP contribution < -0.4 is 5.32 Å². The molecule has 1 atom stereocenters. The van der Waals surface area contributed by atoms with E-state index in [1.807, 2.05) is 48.5 Å². The summed E-state index contributed by atoms with van der Waals surface area (Å²) in [4.78, 5) is 17.4. The average molecular weight is 340 g/mol. The van der Waals surface area contributed by atoms with Crippen molar-refractivity contribution in [3.05, 3.63) is 59.7 Å². The number of benzene rings is 2. The Morgan fingerprint density at radius 2 is 1.67 bits per heavy atom. The average Bonchev–Trinajstić information content (AvgIpc) is 3.02. The molecule has 2 aliphatic rings. The lowest BCUT2D eigenvalue weighted by molar-refractivity contribution is -0.140. The summed E-state index contributed by atoms with van der Waals surface area (Å²) in [6.07, 6.45) is 0. The molecule has 0 fully saturated rings. The van der Waals surface area contributed by atoms with Gasteiger partial charge in [-0.25, -0.2) is 4.99 Å². The van der Waals surface area contributed by atoms with E-state index in [0.29, 0.717) is 5.23 Å². The van der Waals surface area contributed by atoms with Crippen LogP contribution in [-0.2, 0) is 19.8 Å². The molecule has 1 unspecified atom stereocenters. The van der Waals surface area contributed by atoms with Crippen molar-refractivity contribution in [3.8, 4) is 0 Å². The van der Waals surface area contributed by atoms with Gasteiger partial charge in [0.1, 0.15) is 10.8 Å². The summed E-state index contributed by atoms with van der Waals surface area (Å²) in [5.74, 6) is -0.317. The van der Waals surface area contributed by atoms with Crippen molar-refractivity contribution >= 4 is 34.3 Å². The van der Waals surface area contributed by atoms with Crippen LogP contribution in [0.15, 0.2) is 53.5 Å². The molecule has 122 valence electrons. The number of hydrogen-bond acceptors (Lipinski definition) is 6. The van der Waals surface area contributed by atoms with E-state index in [1.165, 1.54) is 18.9 Å². The monoisotopic (exact) mass is 340 g/mol. The molecule has 1 N–H and O–H groups in total. The lowest BCUT2D eigenvalue weighted by Crippen LogP contribution is -2.42. The molecule has 0 aliphatic carbocycles.